The van der Waals surface area contributed by atoms with Gasteiger partial charge in [0.1, 0.15) is 17.7 Å². The summed E-state index contributed by atoms with van der Waals surface area (Å²) in [6, 6.07) is 6.75. The molecule has 0 aromatic heterocycles. The van der Waals surface area contributed by atoms with Crippen molar-refractivity contribution in [3.05, 3.63) is 44.8 Å². The van der Waals surface area contributed by atoms with Crippen molar-refractivity contribution in [1.82, 2.24) is 0 Å². The largest absolute Gasteiger partial charge is 0.298 e. The third kappa shape index (κ3) is 1.73. The predicted octanol–water partition coefficient (Wildman–Crippen LogP) is 0.230. The molecule has 1 aromatic carbocycles. The molecular formula is C14H6N2O2. The Morgan fingerprint density at radius 2 is 1.39 bits per heavy atom. The van der Waals surface area contributed by atoms with Crippen LogP contribution >= 0.6 is 0 Å². The second-order valence-electron chi connectivity index (χ2n) is 3.69. The Bertz CT molecular complexity index is 722. The van der Waals surface area contributed by atoms with Gasteiger partial charge in [-0.15, -0.1) is 0 Å². The van der Waals surface area contributed by atoms with E-state index in [0.717, 1.165) is 10.4 Å². The van der Waals surface area contributed by atoms with Crippen LogP contribution < -0.4 is 10.4 Å². The van der Waals surface area contributed by atoms with Gasteiger partial charge >= 0.3 is 0 Å². The fraction of sp³-hybridized carbons (Fsp3) is 0. The lowest BCUT2D eigenvalue weighted by Crippen LogP contribution is -2.23. The maximum atomic E-state index is 10.8. The van der Waals surface area contributed by atoms with E-state index in [2.05, 4.69) is 0 Å². The summed E-state index contributed by atoms with van der Waals surface area (Å²) in [5.41, 5.74) is 1.09. The SMILES string of the molecule is N#CC(C#N)=C1C=c2cc(C=O)c(C=O)cc2=C1. The number of aldehydes is 2. The van der Waals surface area contributed by atoms with Gasteiger partial charge in [-0.25, -0.2) is 0 Å². The van der Waals surface area contributed by atoms with Crippen LogP contribution in [0.15, 0.2) is 23.3 Å². The van der Waals surface area contributed by atoms with E-state index < -0.39 is 0 Å². The standard InChI is InChI=1S/C14H6N2O2/c15-5-14(6-16)11-1-9-3-12(7-17)13(8-18)4-10(9)2-11/h1-4,7-8H. The highest BCUT2D eigenvalue weighted by molar-refractivity contribution is 5.91. The van der Waals surface area contributed by atoms with Crippen LogP contribution in [0.4, 0.5) is 0 Å². The minimum Gasteiger partial charge on any atom is -0.298 e. The Kier molecular flexibility index (Phi) is 2.87. The Morgan fingerprint density at radius 1 is 0.944 bits per heavy atom. The van der Waals surface area contributed by atoms with Gasteiger partial charge in [-0.3, -0.25) is 9.59 Å². The van der Waals surface area contributed by atoms with Gasteiger partial charge in [-0.05, 0) is 34.7 Å². The average molecular weight is 234 g/mol. The molecule has 0 radical (unpaired) electrons. The molecule has 0 saturated carbocycles. The fourth-order valence-corrected chi connectivity index (χ4v) is 1.80. The second-order valence-corrected chi connectivity index (χ2v) is 3.69. The van der Waals surface area contributed by atoms with Gasteiger partial charge < -0.3 is 0 Å². The van der Waals surface area contributed by atoms with Crippen molar-refractivity contribution in [3.8, 4) is 12.1 Å². The molecule has 0 unspecified atom stereocenters. The first-order valence-corrected chi connectivity index (χ1v) is 5.06. The predicted molar refractivity (Wildman–Crippen MR) is 63.6 cm³/mol. The molecule has 0 spiro atoms. The lowest BCUT2D eigenvalue weighted by atomic mass is 10.1. The zero-order chi connectivity index (χ0) is 13.1. The number of carbonyl (C=O) groups is 2. The van der Waals surface area contributed by atoms with Crippen LogP contribution in [0.5, 0.6) is 0 Å². The maximum Gasteiger partial charge on any atom is 0.150 e. The zero-order valence-corrected chi connectivity index (χ0v) is 9.18. The number of hydrogen-bond acceptors (Lipinski definition) is 4. The fourth-order valence-electron chi connectivity index (χ4n) is 1.80. The first-order valence-electron chi connectivity index (χ1n) is 5.06. The molecule has 2 rings (SSSR count). The smallest absolute Gasteiger partial charge is 0.150 e. The van der Waals surface area contributed by atoms with Gasteiger partial charge in [0.25, 0.3) is 0 Å². The van der Waals surface area contributed by atoms with Gasteiger partial charge in [0.2, 0.25) is 0 Å². The second kappa shape index (κ2) is 4.48. The molecule has 84 valence electrons. The Morgan fingerprint density at radius 3 is 1.72 bits per heavy atom. The van der Waals surface area contributed by atoms with Crippen LogP contribution in [0.1, 0.15) is 20.7 Å². The highest BCUT2D eigenvalue weighted by Crippen LogP contribution is 2.10. The molecule has 18 heavy (non-hydrogen) atoms. The molecule has 4 heteroatoms. The van der Waals surface area contributed by atoms with E-state index in [1.54, 1.807) is 36.4 Å². The van der Waals surface area contributed by atoms with Crippen molar-refractivity contribution in [2.75, 3.05) is 0 Å². The summed E-state index contributed by atoms with van der Waals surface area (Å²) in [6.45, 7) is 0. The molecule has 0 aliphatic heterocycles. The summed E-state index contributed by atoms with van der Waals surface area (Å²) in [5.74, 6) is 0. The molecule has 1 aliphatic rings. The molecule has 4 nitrogen and oxygen atoms in total. The van der Waals surface area contributed by atoms with Crippen LogP contribution in [0.3, 0.4) is 0 Å². The minimum atomic E-state index is 0.00602. The first kappa shape index (κ1) is 11.5. The van der Waals surface area contributed by atoms with Crippen LogP contribution in [0, 0.1) is 22.7 Å². The van der Waals surface area contributed by atoms with Crippen molar-refractivity contribution >= 4 is 24.7 Å². The minimum absolute atomic E-state index is 0.00602. The monoisotopic (exact) mass is 234 g/mol. The molecule has 0 atom stereocenters. The van der Waals surface area contributed by atoms with Crippen LogP contribution in [0.25, 0.3) is 12.2 Å². The molecule has 0 bridgehead atoms. The van der Waals surface area contributed by atoms with E-state index >= 15 is 0 Å². The average Bonchev–Trinajstić information content (AvgIpc) is 2.80. The highest BCUT2D eigenvalue weighted by atomic mass is 16.1. The van der Waals surface area contributed by atoms with Crippen LogP contribution in [-0.4, -0.2) is 12.6 Å². The maximum absolute atomic E-state index is 10.8. The summed E-state index contributed by atoms with van der Waals surface area (Å²) >= 11 is 0. The summed E-state index contributed by atoms with van der Waals surface area (Å²) in [5, 5.41) is 19.0. The van der Waals surface area contributed by atoms with Crippen molar-refractivity contribution in [1.29, 1.82) is 10.5 Å². The first-order chi connectivity index (χ1) is 8.73. The molecule has 0 amide bonds. The molecule has 0 fully saturated rings. The Balaban J connectivity index is 2.79. The number of hydrogen-bond donors (Lipinski definition) is 0. The number of allylic oxidation sites excluding steroid dienone is 2. The Labute approximate surface area is 102 Å². The van der Waals surface area contributed by atoms with Crippen molar-refractivity contribution in [3.63, 3.8) is 0 Å². The molecule has 0 heterocycles. The van der Waals surface area contributed by atoms with Gasteiger partial charge in [0, 0.05) is 16.7 Å². The molecule has 1 aromatic rings. The van der Waals surface area contributed by atoms with Crippen LogP contribution in [-0.2, 0) is 0 Å². The van der Waals surface area contributed by atoms with Crippen molar-refractivity contribution in [2.45, 2.75) is 0 Å². The third-order valence-corrected chi connectivity index (χ3v) is 2.68. The van der Waals surface area contributed by atoms with E-state index in [0.29, 0.717) is 29.3 Å². The molecule has 0 saturated heterocycles. The Hall–Kier alpha value is -2.98. The van der Waals surface area contributed by atoms with E-state index in [-0.39, 0.29) is 5.57 Å². The number of nitriles is 2. The number of nitrogens with zero attached hydrogens (tertiary/aromatic N) is 2. The summed E-state index contributed by atoms with van der Waals surface area (Å²) in [7, 11) is 0. The number of fused-ring (bicyclic) bond motifs is 1. The van der Waals surface area contributed by atoms with Crippen LogP contribution in [0.2, 0.25) is 0 Å². The highest BCUT2D eigenvalue weighted by Gasteiger charge is 2.08. The van der Waals surface area contributed by atoms with E-state index in [1.807, 2.05) is 0 Å². The van der Waals surface area contributed by atoms with Gasteiger partial charge in [0.15, 0.2) is 12.6 Å². The molecule has 1 aliphatic carbocycles. The zero-order valence-electron chi connectivity index (χ0n) is 9.18. The van der Waals surface area contributed by atoms with E-state index in [1.165, 1.54) is 0 Å². The lowest BCUT2D eigenvalue weighted by Gasteiger charge is -1.94. The normalized spacial score (nSPS) is 11.3. The molecule has 0 N–H and O–H groups in total. The number of rotatable bonds is 2. The van der Waals surface area contributed by atoms with Crippen molar-refractivity contribution in [2.24, 2.45) is 0 Å². The van der Waals surface area contributed by atoms with E-state index in [9.17, 15) is 9.59 Å². The summed E-state index contributed by atoms with van der Waals surface area (Å²) in [6.07, 6.45) is 4.52. The van der Waals surface area contributed by atoms with Gasteiger partial charge in [-0.2, -0.15) is 10.5 Å². The quantitative estimate of drug-likeness (QED) is 0.541. The third-order valence-electron chi connectivity index (χ3n) is 2.68. The van der Waals surface area contributed by atoms with E-state index in [4.69, 9.17) is 10.5 Å². The summed E-state index contributed by atoms with van der Waals surface area (Å²) in [4.78, 5) is 21.6. The number of carbonyl (C=O) groups excluding carboxylic acids is 2. The van der Waals surface area contributed by atoms with Gasteiger partial charge in [-0.1, -0.05) is 0 Å². The number of benzene rings is 1. The molecular weight excluding hydrogens is 228 g/mol. The lowest BCUT2D eigenvalue weighted by molar-refractivity contribution is 0.109. The van der Waals surface area contributed by atoms with Crippen molar-refractivity contribution < 1.29 is 9.59 Å². The summed E-state index contributed by atoms with van der Waals surface area (Å²) < 4.78 is 0. The van der Waals surface area contributed by atoms with Gasteiger partial charge in [0.05, 0.1) is 0 Å². The topological polar surface area (TPSA) is 81.7 Å².